The highest BCUT2D eigenvalue weighted by Gasteiger charge is 2.16. The first-order valence-electron chi connectivity index (χ1n) is 6.64. The first-order valence-corrected chi connectivity index (χ1v) is 6.64. The standard InChI is InChI=1S/C14H17N3O4/c1-3-15-7-6-14-16-9-13(21-14)10-4-5-11(17(18)19)12(8-10)20-2/h4-5,8-9,15H,3,6-7H2,1-2H3. The minimum absolute atomic E-state index is 0.0758. The van der Waals surface area contributed by atoms with Crippen molar-refractivity contribution in [2.24, 2.45) is 0 Å². The van der Waals surface area contributed by atoms with Crippen LogP contribution in [0.1, 0.15) is 12.8 Å². The number of hydrogen-bond donors (Lipinski definition) is 1. The van der Waals surface area contributed by atoms with Crippen LogP contribution >= 0.6 is 0 Å². The van der Waals surface area contributed by atoms with Gasteiger partial charge in [-0.25, -0.2) is 4.98 Å². The van der Waals surface area contributed by atoms with Gasteiger partial charge >= 0.3 is 5.69 Å². The van der Waals surface area contributed by atoms with E-state index in [2.05, 4.69) is 10.3 Å². The molecule has 0 atom stereocenters. The van der Waals surface area contributed by atoms with Crippen LogP contribution in [0.2, 0.25) is 0 Å². The van der Waals surface area contributed by atoms with Crippen molar-refractivity contribution in [1.82, 2.24) is 10.3 Å². The zero-order valence-corrected chi connectivity index (χ0v) is 12.0. The van der Waals surface area contributed by atoms with Crippen molar-refractivity contribution in [2.75, 3.05) is 20.2 Å². The number of oxazole rings is 1. The number of methoxy groups -OCH3 is 1. The van der Waals surface area contributed by atoms with Crippen molar-refractivity contribution >= 4 is 5.69 Å². The minimum Gasteiger partial charge on any atom is -0.490 e. The molecule has 7 heteroatoms. The van der Waals surface area contributed by atoms with Crippen LogP contribution in [0.25, 0.3) is 11.3 Å². The molecule has 0 spiro atoms. The Labute approximate surface area is 122 Å². The van der Waals surface area contributed by atoms with E-state index in [4.69, 9.17) is 9.15 Å². The molecule has 0 fully saturated rings. The molecule has 2 aromatic rings. The Bertz CT molecular complexity index is 624. The number of nitrogens with one attached hydrogen (secondary N) is 1. The molecule has 0 aliphatic heterocycles. The maximum Gasteiger partial charge on any atom is 0.310 e. The smallest absolute Gasteiger partial charge is 0.310 e. The number of ether oxygens (including phenoxy) is 1. The highest BCUT2D eigenvalue weighted by atomic mass is 16.6. The van der Waals surface area contributed by atoms with E-state index in [-0.39, 0.29) is 11.4 Å². The molecule has 1 aromatic heterocycles. The zero-order valence-electron chi connectivity index (χ0n) is 12.0. The third kappa shape index (κ3) is 3.57. The molecule has 112 valence electrons. The van der Waals surface area contributed by atoms with Gasteiger partial charge in [0.1, 0.15) is 0 Å². The van der Waals surface area contributed by atoms with E-state index in [1.54, 1.807) is 18.3 Å². The summed E-state index contributed by atoms with van der Waals surface area (Å²) in [5.41, 5.74) is 0.618. The number of benzene rings is 1. The molecule has 2 rings (SSSR count). The Morgan fingerprint density at radius 1 is 1.48 bits per heavy atom. The monoisotopic (exact) mass is 291 g/mol. The average molecular weight is 291 g/mol. The van der Waals surface area contributed by atoms with Crippen molar-refractivity contribution in [2.45, 2.75) is 13.3 Å². The van der Waals surface area contributed by atoms with Gasteiger partial charge in [-0.2, -0.15) is 0 Å². The Kier molecular flexibility index (Phi) is 4.89. The Morgan fingerprint density at radius 2 is 2.29 bits per heavy atom. The van der Waals surface area contributed by atoms with Crippen molar-refractivity contribution in [3.05, 3.63) is 40.4 Å². The Balaban J connectivity index is 2.20. The lowest BCUT2D eigenvalue weighted by molar-refractivity contribution is -0.385. The van der Waals surface area contributed by atoms with Crippen LogP contribution in [-0.2, 0) is 6.42 Å². The molecular formula is C14H17N3O4. The molecular weight excluding hydrogens is 274 g/mol. The van der Waals surface area contributed by atoms with Gasteiger partial charge in [-0.15, -0.1) is 0 Å². The molecule has 1 aromatic carbocycles. The summed E-state index contributed by atoms with van der Waals surface area (Å²) in [6.45, 7) is 3.72. The number of rotatable bonds is 7. The second-order valence-electron chi connectivity index (χ2n) is 4.37. The highest BCUT2D eigenvalue weighted by molar-refractivity contribution is 5.63. The average Bonchev–Trinajstić information content (AvgIpc) is 2.95. The first kappa shape index (κ1) is 15.0. The van der Waals surface area contributed by atoms with E-state index < -0.39 is 4.92 Å². The summed E-state index contributed by atoms with van der Waals surface area (Å²) in [4.78, 5) is 14.6. The SMILES string of the molecule is CCNCCc1ncc(-c2ccc([N+](=O)[O-])c(OC)c2)o1. The lowest BCUT2D eigenvalue weighted by Crippen LogP contribution is -2.16. The quantitative estimate of drug-likeness (QED) is 0.478. The molecule has 0 unspecified atom stereocenters. The van der Waals surface area contributed by atoms with Gasteiger partial charge < -0.3 is 14.5 Å². The zero-order chi connectivity index (χ0) is 15.2. The number of nitro groups is 1. The molecule has 0 aliphatic carbocycles. The van der Waals surface area contributed by atoms with E-state index in [0.29, 0.717) is 23.6 Å². The maximum absolute atomic E-state index is 10.9. The van der Waals surface area contributed by atoms with Crippen LogP contribution in [0.4, 0.5) is 5.69 Å². The summed E-state index contributed by atoms with van der Waals surface area (Å²) >= 11 is 0. The molecule has 0 radical (unpaired) electrons. The Hall–Kier alpha value is -2.41. The van der Waals surface area contributed by atoms with Crippen molar-refractivity contribution < 1.29 is 14.1 Å². The molecule has 0 saturated carbocycles. The van der Waals surface area contributed by atoms with Gasteiger partial charge in [-0.05, 0) is 18.7 Å². The van der Waals surface area contributed by atoms with Gasteiger partial charge in [-0.3, -0.25) is 10.1 Å². The Morgan fingerprint density at radius 3 is 2.95 bits per heavy atom. The second kappa shape index (κ2) is 6.85. The minimum atomic E-state index is -0.481. The molecule has 21 heavy (non-hydrogen) atoms. The summed E-state index contributed by atoms with van der Waals surface area (Å²) in [5, 5.41) is 14.1. The van der Waals surface area contributed by atoms with Crippen LogP contribution in [0, 0.1) is 10.1 Å². The third-order valence-electron chi connectivity index (χ3n) is 2.98. The van der Waals surface area contributed by atoms with Gasteiger partial charge in [0.05, 0.1) is 18.2 Å². The summed E-state index contributed by atoms with van der Waals surface area (Å²) in [5.74, 6) is 1.39. The van der Waals surface area contributed by atoms with Gasteiger partial charge in [0.2, 0.25) is 0 Å². The number of aromatic nitrogens is 1. The molecule has 7 nitrogen and oxygen atoms in total. The number of nitrogens with zero attached hydrogens (tertiary/aromatic N) is 2. The van der Waals surface area contributed by atoms with Crippen LogP contribution in [0.5, 0.6) is 5.75 Å². The summed E-state index contributed by atoms with van der Waals surface area (Å²) in [6.07, 6.45) is 2.31. The molecule has 1 N–H and O–H groups in total. The van der Waals surface area contributed by atoms with E-state index in [1.807, 2.05) is 6.92 Å². The largest absolute Gasteiger partial charge is 0.490 e. The van der Waals surface area contributed by atoms with E-state index in [0.717, 1.165) is 13.1 Å². The van der Waals surface area contributed by atoms with Crippen LogP contribution in [-0.4, -0.2) is 30.1 Å². The van der Waals surface area contributed by atoms with E-state index in [9.17, 15) is 10.1 Å². The summed E-state index contributed by atoms with van der Waals surface area (Å²) in [7, 11) is 1.40. The van der Waals surface area contributed by atoms with Gasteiger partial charge in [0, 0.05) is 24.6 Å². The number of nitro benzene ring substituents is 1. The van der Waals surface area contributed by atoms with E-state index in [1.165, 1.54) is 13.2 Å². The van der Waals surface area contributed by atoms with Crippen LogP contribution in [0.15, 0.2) is 28.8 Å². The fourth-order valence-electron chi connectivity index (χ4n) is 1.91. The van der Waals surface area contributed by atoms with Crippen molar-refractivity contribution in [3.8, 4) is 17.1 Å². The normalized spacial score (nSPS) is 10.6. The predicted molar refractivity (Wildman–Crippen MR) is 77.4 cm³/mol. The number of likely N-dealkylation sites (N-methyl/N-ethyl adjacent to an activating group) is 1. The number of hydrogen-bond acceptors (Lipinski definition) is 6. The molecule has 0 bridgehead atoms. The van der Waals surface area contributed by atoms with Gasteiger partial charge in [-0.1, -0.05) is 6.92 Å². The maximum atomic E-state index is 10.9. The fourth-order valence-corrected chi connectivity index (χ4v) is 1.91. The van der Waals surface area contributed by atoms with Crippen molar-refractivity contribution in [1.29, 1.82) is 0 Å². The topological polar surface area (TPSA) is 90.4 Å². The fraction of sp³-hybridized carbons (Fsp3) is 0.357. The summed E-state index contributed by atoms with van der Waals surface area (Å²) in [6, 6.07) is 4.59. The van der Waals surface area contributed by atoms with Crippen LogP contribution in [0.3, 0.4) is 0 Å². The molecule has 0 saturated heterocycles. The second-order valence-corrected chi connectivity index (χ2v) is 4.37. The molecule has 0 aliphatic rings. The lowest BCUT2D eigenvalue weighted by Gasteiger charge is -2.03. The molecule has 0 amide bonds. The third-order valence-corrected chi connectivity index (χ3v) is 2.98. The molecule has 1 heterocycles. The van der Waals surface area contributed by atoms with Gasteiger partial charge in [0.25, 0.3) is 0 Å². The first-order chi connectivity index (χ1) is 10.2. The lowest BCUT2D eigenvalue weighted by atomic mass is 10.1. The van der Waals surface area contributed by atoms with E-state index >= 15 is 0 Å². The van der Waals surface area contributed by atoms with Gasteiger partial charge in [0.15, 0.2) is 17.4 Å². The predicted octanol–water partition coefficient (Wildman–Crippen LogP) is 2.41. The summed E-state index contributed by atoms with van der Waals surface area (Å²) < 4.78 is 10.7. The highest BCUT2D eigenvalue weighted by Crippen LogP contribution is 2.32. The van der Waals surface area contributed by atoms with Crippen LogP contribution < -0.4 is 10.1 Å². The van der Waals surface area contributed by atoms with Crippen molar-refractivity contribution in [3.63, 3.8) is 0 Å².